The molecule has 0 saturated carbocycles. The van der Waals surface area contributed by atoms with Crippen molar-refractivity contribution in [3.05, 3.63) is 10.6 Å². The summed E-state index contributed by atoms with van der Waals surface area (Å²) >= 11 is 1.29. The van der Waals surface area contributed by atoms with Crippen molar-refractivity contribution in [3.63, 3.8) is 0 Å². The number of rotatable bonds is 2. The van der Waals surface area contributed by atoms with Crippen LogP contribution in [-0.4, -0.2) is 29.1 Å². The molecule has 0 aromatic carbocycles. The van der Waals surface area contributed by atoms with Crippen LogP contribution in [0.2, 0.25) is 0 Å². The van der Waals surface area contributed by atoms with Crippen LogP contribution in [0.15, 0.2) is 0 Å². The highest BCUT2D eigenvalue weighted by atomic mass is 32.1. The third-order valence-corrected chi connectivity index (χ3v) is 4.87. The molecular formula is C13H20N2O2S. The molecule has 1 aromatic rings. The summed E-state index contributed by atoms with van der Waals surface area (Å²) < 4.78 is 0. The summed E-state index contributed by atoms with van der Waals surface area (Å²) in [5.41, 5.74) is 0.929. The largest absolute Gasteiger partial charge is 0.477 e. The fraction of sp³-hybridized carbons (Fsp3) is 0.692. The van der Waals surface area contributed by atoms with E-state index in [-0.39, 0.29) is 0 Å². The quantitative estimate of drug-likeness (QED) is 0.895. The van der Waals surface area contributed by atoms with Crippen LogP contribution in [-0.2, 0) is 0 Å². The molecule has 0 amide bonds. The minimum atomic E-state index is -0.872. The molecule has 1 fully saturated rings. The molecule has 0 bridgehead atoms. The number of carbonyl (C=O) groups is 1. The zero-order valence-corrected chi connectivity index (χ0v) is 12.2. The zero-order valence-electron chi connectivity index (χ0n) is 11.4. The molecule has 0 aliphatic carbocycles. The highest BCUT2D eigenvalue weighted by Gasteiger charge is 2.33. The van der Waals surface area contributed by atoms with E-state index in [9.17, 15) is 4.79 Å². The van der Waals surface area contributed by atoms with E-state index in [0.717, 1.165) is 24.6 Å². The molecule has 1 aliphatic rings. The first kappa shape index (κ1) is 13.3. The van der Waals surface area contributed by atoms with Crippen molar-refractivity contribution in [2.45, 2.75) is 34.1 Å². The summed E-state index contributed by atoms with van der Waals surface area (Å²) in [5, 5.41) is 9.91. The summed E-state index contributed by atoms with van der Waals surface area (Å²) in [6.07, 6.45) is 1.16. The van der Waals surface area contributed by atoms with Gasteiger partial charge in [0.2, 0.25) is 0 Å². The lowest BCUT2D eigenvalue weighted by molar-refractivity contribution is 0.0701. The topological polar surface area (TPSA) is 53.4 Å². The van der Waals surface area contributed by atoms with Crippen molar-refractivity contribution in [2.24, 2.45) is 11.3 Å². The number of thiazole rings is 1. The van der Waals surface area contributed by atoms with Crippen LogP contribution < -0.4 is 4.90 Å². The molecule has 2 heterocycles. The summed E-state index contributed by atoms with van der Waals surface area (Å²) in [6.45, 7) is 10.5. The van der Waals surface area contributed by atoms with Gasteiger partial charge in [-0.15, -0.1) is 0 Å². The van der Waals surface area contributed by atoms with Crippen molar-refractivity contribution in [3.8, 4) is 0 Å². The monoisotopic (exact) mass is 268 g/mol. The number of carboxylic acids is 1. The smallest absolute Gasteiger partial charge is 0.347 e. The highest BCUT2D eigenvalue weighted by Crippen LogP contribution is 2.37. The molecule has 1 aromatic heterocycles. The maximum Gasteiger partial charge on any atom is 0.347 e. The van der Waals surface area contributed by atoms with E-state index < -0.39 is 5.97 Å². The number of anilines is 1. The summed E-state index contributed by atoms with van der Waals surface area (Å²) in [5.74, 6) is -0.224. The molecule has 0 radical (unpaired) electrons. The number of hydrogen-bond donors (Lipinski definition) is 1. The average molecular weight is 268 g/mol. The number of aromatic nitrogens is 1. The lowest BCUT2D eigenvalue weighted by Gasteiger charge is -2.26. The van der Waals surface area contributed by atoms with Gasteiger partial charge in [-0.25, -0.2) is 9.78 Å². The van der Waals surface area contributed by atoms with E-state index >= 15 is 0 Å². The van der Waals surface area contributed by atoms with E-state index in [1.54, 1.807) is 6.92 Å². The van der Waals surface area contributed by atoms with Crippen molar-refractivity contribution in [1.82, 2.24) is 4.98 Å². The number of nitrogens with zero attached hydrogens (tertiary/aromatic N) is 2. The van der Waals surface area contributed by atoms with Gasteiger partial charge in [-0.2, -0.15) is 0 Å². The Labute approximate surface area is 112 Å². The lowest BCUT2D eigenvalue weighted by atomic mass is 9.80. The van der Waals surface area contributed by atoms with Gasteiger partial charge in [-0.3, -0.25) is 0 Å². The Bertz CT molecular complexity index is 462. The van der Waals surface area contributed by atoms with E-state index in [1.165, 1.54) is 11.3 Å². The molecule has 2 rings (SSSR count). The number of hydrogen-bond acceptors (Lipinski definition) is 4. The Morgan fingerprint density at radius 1 is 1.50 bits per heavy atom. The number of aryl methyl sites for hydroxylation is 1. The second-order valence-corrected chi connectivity index (χ2v) is 6.99. The SMILES string of the molecule is Cc1nc(N2CCC(C(C)(C)C)C2)sc1C(=O)O. The Morgan fingerprint density at radius 2 is 2.17 bits per heavy atom. The van der Waals surface area contributed by atoms with Crippen molar-refractivity contribution < 1.29 is 9.90 Å². The summed E-state index contributed by atoms with van der Waals surface area (Å²) in [7, 11) is 0. The van der Waals surface area contributed by atoms with Crippen LogP contribution in [0.3, 0.4) is 0 Å². The van der Waals surface area contributed by atoms with Gasteiger partial charge < -0.3 is 10.0 Å². The molecule has 0 spiro atoms. The minimum Gasteiger partial charge on any atom is -0.477 e. The maximum atomic E-state index is 11.0. The van der Waals surface area contributed by atoms with E-state index in [4.69, 9.17) is 5.11 Å². The van der Waals surface area contributed by atoms with Crippen LogP contribution in [0.1, 0.15) is 42.6 Å². The second kappa shape index (κ2) is 4.53. The Kier molecular flexibility index (Phi) is 3.36. The van der Waals surface area contributed by atoms with Gasteiger partial charge in [0.25, 0.3) is 0 Å². The third kappa shape index (κ3) is 2.51. The van der Waals surface area contributed by atoms with Crippen LogP contribution in [0, 0.1) is 18.3 Å². The second-order valence-electron chi connectivity index (χ2n) is 6.01. The fourth-order valence-corrected chi connectivity index (χ4v) is 3.30. The summed E-state index contributed by atoms with van der Waals surface area (Å²) in [6, 6.07) is 0. The Morgan fingerprint density at radius 3 is 2.61 bits per heavy atom. The van der Waals surface area contributed by atoms with Gasteiger partial charge in [0.05, 0.1) is 5.69 Å². The predicted octanol–water partition coefficient (Wildman–Crippen LogP) is 3.02. The number of aromatic carboxylic acids is 1. The molecule has 5 heteroatoms. The molecule has 1 unspecified atom stereocenters. The highest BCUT2D eigenvalue weighted by molar-refractivity contribution is 7.17. The van der Waals surface area contributed by atoms with Crippen molar-refractivity contribution in [1.29, 1.82) is 0 Å². The zero-order chi connectivity index (χ0) is 13.5. The summed E-state index contributed by atoms with van der Waals surface area (Å²) in [4.78, 5) is 18.0. The molecule has 4 nitrogen and oxygen atoms in total. The fourth-order valence-electron chi connectivity index (χ4n) is 2.36. The van der Waals surface area contributed by atoms with Gasteiger partial charge in [-0.05, 0) is 24.7 Å². The minimum absolute atomic E-state index is 0.302. The molecule has 1 N–H and O–H groups in total. The normalized spacial score (nSPS) is 20.4. The lowest BCUT2D eigenvalue weighted by Crippen LogP contribution is -2.25. The van der Waals surface area contributed by atoms with Crippen molar-refractivity contribution >= 4 is 22.4 Å². The molecule has 1 aliphatic heterocycles. The Hall–Kier alpha value is -1.10. The molecular weight excluding hydrogens is 248 g/mol. The van der Waals surface area contributed by atoms with Gasteiger partial charge in [-0.1, -0.05) is 32.1 Å². The average Bonchev–Trinajstić information content (AvgIpc) is 2.81. The standard InChI is InChI=1S/C13H20N2O2S/c1-8-10(11(16)17)18-12(14-8)15-6-5-9(7-15)13(2,3)4/h9H,5-7H2,1-4H3,(H,16,17). The predicted molar refractivity (Wildman–Crippen MR) is 73.6 cm³/mol. The van der Waals surface area contributed by atoms with Crippen LogP contribution in [0.25, 0.3) is 0 Å². The molecule has 1 saturated heterocycles. The van der Waals surface area contributed by atoms with Crippen LogP contribution in [0.5, 0.6) is 0 Å². The van der Waals surface area contributed by atoms with Gasteiger partial charge in [0.15, 0.2) is 5.13 Å². The first-order chi connectivity index (χ1) is 8.29. The van der Waals surface area contributed by atoms with Crippen molar-refractivity contribution in [2.75, 3.05) is 18.0 Å². The van der Waals surface area contributed by atoms with Gasteiger partial charge in [0, 0.05) is 13.1 Å². The number of carboxylic acid groups (broad SMARTS) is 1. The molecule has 18 heavy (non-hydrogen) atoms. The van der Waals surface area contributed by atoms with E-state index in [0.29, 0.717) is 21.9 Å². The molecule has 100 valence electrons. The first-order valence-electron chi connectivity index (χ1n) is 6.24. The first-order valence-corrected chi connectivity index (χ1v) is 7.06. The van der Waals surface area contributed by atoms with E-state index in [1.807, 2.05) is 0 Å². The maximum absolute atomic E-state index is 11.0. The Balaban J connectivity index is 2.15. The van der Waals surface area contributed by atoms with Gasteiger partial charge in [0.1, 0.15) is 4.88 Å². The van der Waals surface area contributed by atoms with Gasteiger partial charge >= 0.3 is 5.97 Å². The molecule has 1 atom stereocenters. The van der Waals surface area contributed by atoms with Crippen LogP contribution >= 0.6 is 11.3 Å². The van der Waals surface area contributed by atoms with E-state index in [2.05, 4.69) is 30.7 Å². The third-order valence-electron chi connectivity index (χ3n) is 3.66. The van der Waals surface area contributed by atoms with Crippen LogP contribution in [0.4, 0.5) is 5.13 Å².